The predicted octanol–water partition coefficient (Wildman–Crippen LogP) is 2.34. The largest absolute Gasteiger partial charge is 0.350 e. The number of carbonyl (C=O) groups excluding carboxylic acids is 1. The van der Waals surface area contributed by atoms with Crippen LogP contribution in [-0.2, 0) is 0 Å². The molecule has 0 fully saturated rings. The molecule has 0 atom stereocenters. The number of amides is 2. The summed E-state index contributed by atoms with van der Waals surface area (Å²) in [5.74, 6) is 0. The zero-order chi connectivity index (χ0) is 9.84. The van der Waals surface area contributed by atoms with E-state index in [-0.39, 0.29) is 0 Å². The van der Waals surface area contributed by atoms with Gasteiger partial charge in [-0.2, -0.15) is 4.99 Å². The average molecular weight is 241 g/mol. The van der Waals surface area contributed by atoms with Crippen LogP contribution in [0.5, 0.6) is 0 Å². The van der Waals surface area contributed by atoms with Crippen molar-refractivity contribution in [2.45, 2.75) is 6.92 Å². The van der Waals surface area contributed by atoms with Gasteiger partial charge >= 0.3 is 6.03 Å². The lowest BCUT2D eigenvalue weighted by Gasteiger charge is -1.98. The van der Waals surface area contributed by atoms with Crippen LogP contribution in [0.25, 0.3) is 0 Å². The highest BCUT2D eigenvalue weighted by Gasteiger charge is 1.97. The Balaban J connectivity index is 2.96. The number of urea groups is 1. The Kier molecular flexibility index (Phi) is 3.19. The van der Waals surface area contributed by atoms with Crippen LogP contribution in [0.1, 0.15) is 12.5 Å². The first kappa shape index (κ1) is 9.92. The Bertz CT molecular complexity index is 343. The average Bonchev–Trinajstić information content (AvgIpc) is 2.04. The zero-order valence-electron chi connectivity index (χ0n) is 7.12. The van der Waals surface area contributed by atoms with Gasteiger partial charge in [0.05, 0.1) is 5.71 Å². The molecule has 0 aromatic heterocycles. The van der Waals surface area contributed by atoms with E-state index in [0.717, 1.165) is 10.0 Å². The van der Waals surface area contributed by atoms with Crippen molar-refractivity contribution in [1.82, 2.24) is 0 Å². The van der Waals surface area contributed by atoms with E-state index in [1.54, 1.807) is 6.92 Å². The maximum atomic E-state index is 10.5. The molecular formula is C9H9BrN2O. The maximum absolute atomic E-state index is 10.5. The molecule has 3 nitrogen and oxygen atoms in total. The lowest BCUT2D eigenvalue weighted by molar-refractivity contribution is 0.256. The summed E-state index contributed by atoms with van der Waals surface area (Å²) in [7, 11) is 0. The Morgan fingerprint density at radius 1 is 1.38 bits per heavy atom. The molecule has 0 bridgehead atoms. The van der Waals surface area contributed by atoms with E-state index in [2.05, 4.69) is 20.9 Å². The van der Waals surface area contributed by atoms with Crippen LogP contribution in [-0.4, -0.2) is 11.7 Å². The van der Waals surface area contributed by atoms with Crippen molar-refractivity contribution in [2.75, 3.05) is 0 Å². The highest BCUT2D eigenvalue weighted by Crippen LogP contribution is 2.11. The van der Waals surface area contributed by atoms with Gasteiger partial charge in [-0.05, 0) is 24.6 Å². The van der Waals surface area contributed by atoms with Crippen molar-refractivity contribution in [3.8, 4) is 0 Å². The fourth-order valence-corrected chi connectivity index (χ4v) is 1.19. The topological polar surface area (TPSA) is 55.4 Å². The quantitative estimate of drug-likeness (QED) is 0.753. The van der Waals surface area contributed by atoms with Gasteiger partial charge in [0.1, 0.15) is 0 Å². The number of primary amides is 1. The molecule has 0 saturated carbocycles. The molecule has 0 unspecified atom stereocenters. The fourth-order valence-electron chi connectivity index (χ4n) is 0.921. The van der Waals surface area contributed by atoms with Gasteiger partial charge < -0.3 is 5.73 Å². The molecule has 1 rings (SSSR count). The number of benzene rings is 1. The molecule has 0 aliphatic rings. The highest BCUT2D eigenvalue weighted by molar-refractivity contribution is 9.10. The molecule has 13 heavy (non-hydrogen) atoms. The number of hydrogen-bond acceptors (Lipinski definition) is 1. The summed E-state index contributed by atoms with van der Waals surface area (Å²) < 4.78 is 0.989. The Morgan fingerprint density at radius 2 is 1.92 bits per heavy atom. The molecule has 0 radical (unpaired) electrons. The van der Waals surface area contributed by atoms with Gasteiger partial charge in [0, 0.05) is 4.47 Å². The number of carbonyl (C=O) groups is 1. The van der Waals surface area contributed by atoms with Gasteiger partial charge in [-0.3, -0.25) is 0 Å². The van der Waals surface area contributed by atoms with Crippen LogP contribution in [0.3, 0.4) is 0 Å². The minimum absolute atomic E-state index is 0.625. The summed E-state index contributed by atoms with van der Waals surface area (Å²) in [4.78, 5) is 14.1. The molecule has 0 aliphatic carbocycles. The van der Waals surface area contributed by atoms with Crippen molar-refractivity contribution in [3.05, 3.63) is 34.3 Å². The first-order valence-corrected chi connectivity index (χ1v) is 4.49. The van der Waals surface area contributed by atoms with Gasteiger partial charge in [-0.25, -0.2) is 4.79 Å². The molecular weight excluding hydrogens is 232 g/mol. The minimum atomic E-state index is -0.666. The van der Waals surface area contributed by atoms with E-state index in [1.807, 2.05) is 24.3 Å². The first-order valence-electron chi connectivity index (χ1n) is 3.70. The number of rotatable bonds is 1. The normalized spacial score (nSPS) is 11.4. The summed E-state index contributed by atoms with van der Waals surface area (Å²) in [5, 5.41) is 0. The van der Waals surface area contributed by atoms with E-state index in [0.29, 0.717) is 5.71 Å². The molecule has 2 N–H and O–H groups in total. The number of hydrogen-bond donors (Lipinski definition) is 1. The van der Waals surface area contributed by atoms with E-state index in [4.69, 9.17) is 5.73 Å². The third-order valence-electron chi connectivity index (χ3n) is 1.54. The standard InChI is InChI=1S/C9H9BrN2O/c1-6(12-9(11)13)7-2-4-8(10)5-3-7/h2-5H,1H3,(H2,11,13)/b12-6+. The van der Waals surface area contributed by atoms with Crippen molar-refractivity contribution >= 4 is 27.7 Å². The lowest BCUT2D eigenvalue weighted by Crippen LogP contribution is -2.08. The van der Waals surface area contributed by atoms with E-state index < -0.39 is 6.03 Å². The predicted molar refractivity (Wildman–Crippen MR) is 55.9 cm³/mol. The maximum Gasteiger partial charge on any atom is 0.338 e. The van der Waals surface area contributed by atoms with Crippen LogP contribution in [0, 0.1) is 0 Å². The lowest BCUT2D eigenvalue weighted by atomic mass is 10.1. The number of nitrogens with zero attached hydrogens (tertiary/aromatic N) is 1. The van der Waals surface area contributed by atoms with Crippen LogP contribution in [0.2, 0.25) is 0 Å². The van der Waals surface area contributed by atoms with Crippen LogP contribution >= 0.6 is 15.9 Å². The smallest absolute Gasteiger partial charge is 0.338 e. The Labute approximate surface area is 84.8 Å². The molecule has 0 aliphatic heterocycles. The van der Waals surface area contributed by atoms with Gasteiger partial charge in [-0.15, -0.1) is 0 Å². The SMILES string of the molecule is C/C(=N\C(N)=O)c1ccc(Br)cc1. The second-order valence-electron chi connectivity index (χ2n) is 2.54. The minimum Gasteiger partial charge on any atom is -0.350 e. The molecule has 2 amide bonds. The van der Waals surface area contributed by atoms with Crippen molar-refractivity contribution < 1.29 is 4.79 Å². The second kappa shape index (κ2) is 4.18. The molecule has 1 aromatic rings. The van der Waals surface area contributed by atoms with Crippen molar-refractivity contribution in [3.63, 3.8) is 0 Å². The summed E-state index contributed by atoms with van der Waals surface area (Å²) >= 11 is 3.31. The third-order valence-corrected chi connectivity index (χ3v) is 2.07. The summed E-state index contributed by atoms with van der Waals surface area (Å²) in [6.45, 7) is 1.74. The first-order chi connectivity index (χ1) is 6.09. The highest BCUT2D eigenvalue weighted by atomic mass is 79.9. The Morgan fingerprint density at radius 3 is 2.38 bits per heavy atom. The molecule has 68 valence electrons. The van der Waals surface area contributed by atoms with E-state index in [1.165, 1.54) is 0 Å². The van der Waals surface area contributed by atoms with E-state index >= 15 is 0 Å². The van der Waals surface area contributed by atoms with Gasteiger partial charge in [-0.1, -0.05) is 28.1 Å². The molecule has 0 saturated heterocycles. The number of nitrogens with two attached hydrogens (primary N) is 1. The van der Waals surface area contributed by atoms with E-state index in [9.17, 15) is 4.79 Å². The zero-order valence-corrected chi connectivity index (χ0v) is 8.71. The van der Waals surface area contributed by atoms with Crippen LogP contribution in [0.15, 0.2) is 33.7 Å². The fraction of sp³-hybridized carbons (Fsp3) is 0.111. The van der Waals surface area contributed by atoms with Crippen LogP contribution in [0.4, 0.5) is 4.79 Å². The molecule has 0 heterocycles. The summed E-state index contributed by atoms with van der Waals surface area (Å²) in [6.07, 6.45) is 0. The monoisotopic (exact) mass is 240 g/mol. The molecule has 1 aromatic carbocycles. The number of aliphatic imine (C=N–C) groups is 1. The van der Waals surface area contributed by atoms with Crippen LogP contribution < -0.4 is 5.73 Å². The second-order valence-corrected chi connectivity index (χ2v) is 3.46. The Hall–Kier alpha value is -1.16. The summed E-state index contributed by atoms with van der Waals surface area (Å²) in [5.41, 5.74) is 6.44. The summed E-state index contributed by atoms with van der Waals surface area (Å²) in [6, 6.07) is 6.84. The van der Waals surface area contributed by atoms with Gasteiger partial charge in [0.2, 0.25) is 0 Å². The van der Waals surface area contributed by atoms with Crippen molar-refractivity contribution in [1.29, 1.82) is 0 Å². The number of halogens is 1. The molecule has 0 spiro atoms. The van der Waals surface area contributed by atoms with Gasteiger partial charge in [0.15, 0.2) is 0 Å². The molecule has 4 heteroatoms. The van der Waals surface area contributed by atoms with Crippen molar-refractivity contribution in [2.24, 2.45) is 10.7 Å². The van der Waals surface area contributed by atoms with Gasteiger partial charge in [0.25, 0.3) is 0 Å². The third kappa shape index (κ3) is 2.99.